The summed E-state index contributed by atoms with van der Waals surface area (Å²) in [5, 5.41) is 3.70. The van der Waals surface area contributed by atoms with Gasteiger partial charge in [-0.15, -0.1) is 0 Å². The summed E-state index contributed by atoms with van der Waals surface area (Å²) in [5.74, 6) is 0.291. The molecule has 1 aliphatic carbocycles. The Morgan fingerprint density at radius 2 is 1.89 bits per heavy atom. The van der Waals surface area contributed by atoms with E-state index in [9.17, 15) is 8.42 Å². The van der Waals surface area contributed by atoms with Crippen molar-refractivity contribution in [3.05, 3.63) is 0 Å². The van der Waals surface area contributed by atoms with Crippen LogP contribution in [0.2, 0.25) is 0 Å². The normalized spacial score (nSPS) is 26.3. The number of hydrogen-bond acceptors (Lipinski definition) is 3. The van der Waals surface area contributed by atoms with Gasteiger partial charge in [-0.1, -0.05) is 13.8 Å². The predicted octanol–water partition coefficient (Wildman–Crippen LogP) is 1.97. The van der Waals surface area contributed by atoms with Gasteiger partial charge >= 0.3 is 0 Å². The molecular weight excluding hydrogens is 260 g/mol. The Hall–Kier alpha value is -0.130. The topological polar surface area (TPSA) is 49.4 Å². The Kier molecular flexibility index (Phi) is 4.58. The van der Waals surface area contributed by atoms with E-state index in [4.69, 9.17) is 0 Å². The van der Waals surface area contributed by atoms with Gasteiger partial charge in [-0.2, -0.15) is 0 Å². The summed E-state index contributed by atoms with van der Waals surface area (Å²) < 4.78 is 25.7. The summed E-state index contributed by atoms with van der Waals surface area (Å²) in [6.45, 7) is 7.90. The fourth-order valence-electron chi connectivity index (χ4n) is 2.87. The van der Waals surface area contributed by atoms with Crippen molar-refractivity contribution in [1.82, 2.24) is 9.62 Å². The van der Waals surface area contributed by atoms with Crippen LogP contribution in [0.5, 0.6) is 0 Å². The maximum Gasteiger partial charge on any atom is 0.214 e. The molecule has 1 unspecified atom stereocenters. The maximum absolute atomic E-state index is 12.0. The zero-order valence-electron chi connectivity index (χ0n) is 12.5. The first-order chi connectivity index (χ1) is 8.87. The van der Waals surface area contributed by atoms with E-state index in [2.05, 4.69) is 19.2 Å². The van der Waals surface area contributed by atoms with Crippen LogP contribution in [0, 0.1) is 5.41 Å². The van der Waals surface area contributed by atoms with E-state index < -0.39 is 10.0 Å². The molecule has 0 aromatic heterocycles. The average molecular weight is 288 g/mol. The highest BCUT2D eigenvalue weighted by Gasteiger charge is 2.43. The molecule has 1 N–H and O–H groups in total. The minimum Gasteiger partial charge on any atom is -0.311 e. The SMILES string of the molecule is CCCS(=O)(=O)N1CCC(NC(C)C2(C)CC2)CC1. The molecule has 0 radical (unpaired) electrons. The second kappa shape index (κ2) is 5.70. The van der Waals surface area contributed by atoms with E-state index in [1.54, 1.807) is 4.31 Å². The summed E-state index contributed by atoms with van der Waals surface area (Å²) in [6, 6.07) is 1.04. The third kappa shape index (κ3) is 3.70. The van der Waals surface area contributed by atoms with Gasteiger partial charge in [0.25, 0.3) is 0 Å². The van der Waals surface area contributed by atoms with Gasteiger partial charge in [0.05, 0.1) is 5.75 Å². The van der Waals surface area contributed by atoms with E-state index >= 15 is 0 Å². The number of hydrogen-bond donors (Lipinski definition) is 1. The molecular formula is C14H28N2O2S. The van der Waals surface area contributed by atoms with E-state index in [1.807, 2.05) is 6.92 Å². The molecule has 1 heterocycles. The maximum atomic E-state index is 12.0. The molecule has 0 aromatic rings. The summed E-state index contributed by atoms with van der Waals surface area (Å²) in [4.78, 5) is 0. The quantitative estimate of drug-likeness (QED) is 0.813. The van der Waals surface area contributed by atoms with Crippen molar-refractivity contribution < 1.29 is 8.42 Å². The molecule has 2 fully saturated rings. The van der Waals surface area contributed by atoms with Gasteiger partial charge in [0.1, 0.15) is 0 Å². The molecule has 0 aromatic carbocycles. The fraction of sp³-hybridized carbons (Fsp3) is 1.00. The first-order valence-electron chi connectivity index (χ1n) is 7.61. The summed E-state index contributed by atoms with van der Waals surface area (Å²) in [7, 11) is -3.00. The highest BCUT2D eigenvalue weighted by Crippen LogP contribution is 2.48. The molecule has 5 heteroatoms. The van der Waals surface area contributed by atoms with Gasteiger partial charge in [-0.05, 0) is 44.4 Å². The van der Waals surface area contributed by atoms with Crippen molar-refractivity contribution in [3.63, 3.8) is 0 Å². The molecule has 0 spiro atoms. The third-order valence-electron chi connectivity index (χ3n) is 4.88. The first kappa shape index (κ1) is 15.3. The number of sulfonamides is 1. The van der Waals surface area contributed by atoms with Crippen molar-refractivity contribution in [2.45, 2.75) is 65.0 Å². The highest BCUT2D eigenvalue weighted by atomic mass is 32.2. The molecule has 19 heavy (non-hydrogen) atoms. The van der Waals surface area contributed by atoms with Gasteiger partial charge in [0.15, 0.2) is 0 Å². The minimum absolute atomic E-state index is 0.291. The Morgan fingerprint density at radius 1 is 1.32 bits per heavy atom. The molecule has 1 saturated heterocycles. The van der Waals surface area contributed by atoms with E-state index in [-0.39, 0.29) is 0 Å². The molecule has 2 aliphatic rings. The Morgan fingerprint density at radius 3 is 2.37 bits per heavy atom. The molecule has 1 aliphatic heterocycles. The number of nitrogens with zero attached hydrogens (tertiary/aromatic N) is 1. The molecule has 4 nitrogen and oxygen atoms in total. The molecule has 0 bridgehead atoms. The zero-order chi connectivity index (χ0) is 14.1. The van der Waals surface area contributed by atoms with Gasteiger partial charge in [0, 0.05) is 25.2 Å². The van der Waals surface area contributed by atoms with Crippen molar-refractivity contribution in [2.24, 2.45) is 5.41 Å². The van der Waals surface area contributed by atoms with Crippen LogP contribution < -0.4 is 5.32 Å². The van der Waals surface area contributed by atoms with Crippen LogP contribution in [0.25, 0.3) is 0 Å². The van der Waals surface area contributed by atoms with Crippen molar-refractivity contribution in [3.8, 4) is 0 Å². The average Bonchev–Trinajstić information content (AvgIpc) is 3.09. The lowest BCUT2D eigenvalue weighted by Crippen LogP contribution is -2.49. The molecule has 2 rings (SSSR count). The van der Waals surface area contributed by atoms with Crippen LogP contribution in [-0.4, -0.2) is 43.6 Å². The number of rotatable bonds is 6. The second-order valence-electron chi connectivity index (χ2n) is 6.53. The molecule has 1 atom stereocenters. The number of piperidine rings is 1. The predicted molar refractivity (Wildman–Crippen MR) is 78.6 cm³/mol. The summed E-state index contributed by atoms with van der Waals surface area (Å²) in [6.07, 6.45) is 5.25. The van der Waals surface area contributed by atoms with Gasteiger partial charge in [-0.3, -0.25) is 0 Å². The highest BCUT2D eigenvalue weighted by molar-refractivity contribution is 7.89. The van der Waals surface area contributed by atoms with Gasteiger partial charge in [0.2, 0.25) is 10.0 Å². The summed E-state index contributed by atoms with van der Waals surface area (Å²) >= 11 is 0. The van der Waals surface area contributed by atoms with Crippen LogP contribution in [0.1, 0.15) is 52.9 Å². The van der Waals surface area contributed by atoms with Crippen molar-refractivity contribution in [2.75, 3.05) is 18.8 Å². The third-order valence-corrected chi connectivity index (χ3v) is 6.96. The largest absolute Gasteiger partial charge is 0.311 e. The minimum atomic E-state index is -3.00. The van der Waals surface area contributed by atoms with Crippen LogP contribution >= 0.6 is 0 Å². The lowest BCUT2D eigenvalue weighted by molar-refractivity contribution is 0.250. The Bertz CT molecular complexity index is 396. The van der Waals surface area contributed by atoms with Crippen LogP contribution in [0.15, 0.2) is 0 Å². The second-order valence-corrected chi connectivity index (χ2v) is 8.62. The van der Waals surface area contributed by atoms with Crippen molar-refractivity contribution in [1.29, 1.82) is 0 Å². The lowest BCUT2D eigenvalue weighted by atomic mass is 9.97. The molecule has 112 valence electrons. The molecule has 1 saturated carbocycles. The monoisotopic (exact) mass is 288 g/mol. The zero-order valence-corrected chi connectivity index (χ0v) is 13.3. The van der Waals surface area contributed by atoms with E-state index in [0.29, 0.717) is 42.8 Å². The van der Waals surface area contributed by atoms with E-state index in [1.165, 1.54) is 12.8 Å². The summed E-state index contributed by atoms with van der Waals surface area (Å²) in [5.41, 5.74) is 0.491. The Labute approximate surface area is 118 Å². The van der Waals surface area contributed by atoms with Gasteiger partial charge in [-0.25, -0.2) is 12.7 Å². The van der Waals surface area contributed by atoms with Crippen molar-refractivity contribution >= 4 is 10.0 Å². The fourth-order valence-corrected chi connectivity index (χ4v) is 4.41. The van der Waals surface area contributed by atoms with Crippen LogP contribution in [-0.2, 0) is 10.0 Å². The Balaban J connectivity index is 1.79. The lowest BCUT2D eigenvalue weighted by Gasteiger charge is -2.34. The van der Waals surface area contributed by atoms with E-state index in [0.717, 1.165) is 12.8 Å². The number of nitrogens with one attached hydrogen (secondary N) is 1. The standard InChI is InChI=1S/C14H28N2O2S/c1-4-11-19(17,18)16-9-5-13(6-10-16)15-12(2)14(3)7-8-14/h12-13,15H,4-11H2,1-3H3. The smallest absolute Gasteiger partial charge is 0.214 e. The van der Waals surface area contributed by atoms with Crippen LogP contribution in [0.4, 0.5) is 0 Å². The van der Waals surface area contributed by atoms with Gasteiger partial charge < -0.3 is 5.32 Å². The first-order valence-corrected chi connectivity index (χ1v) is 9.22. The van der Waals surface area contributed by atoms with Crippen LogP contribution in [0.3, 0.4) is 0 Å². The molecule has 0 amide bonds.